The van der Waals surface area contributed by atoms with Crippen molar-refractivity contribution in [2.45, 2.75) is 25.4 Å². The summed E-state index contributed by atoms with van der Waals surface area (Å²) >= 11 is 0. The molecule has 7 nitrogen and oxygen atoms in total. The number of amides is 1. The molecule has 4 rings (SSSR count). The van der Waals surface area contributed by atoms with Crippen LogP contribution in [0.4, 0.5) is 5.82 Å². The van der Waals surface area contributed by atoms with Gasteiger partial charge >= 0.3 is 0 Å². The number of carbonyl (C=O) groups excluding carboxylic acids is 1. The Kier molecular flexibility index (Phi) is 4.53. The molecule has 0 radical (unpaired) electrons. The van der Waals surface area contributed by atoms with Gasteiger partial charge in [-0.15, -0.1) is 0 Å². The van der Waals surface area contributed by atoms with E-state index in [1.807, 2.05) is 54.0 Å². The molecule has 1 saturated heterocycles. The maximum atomic E-state index is 12.7. The van der Waals surface area contributed by atoms with Crippen LogP contribution in [-0.2, 0) is 4.74 Å². The van der Waals surface area contributed by atoms with Crippen LogP contribution in [0.1, 0.15) is 22.6 Å². The minimum Gasteiger partial charge on any atom is -0.379 e. The van der Waals surface area contributed by atoms with Crippen molar-refractivity contribution in [2.75, 3.05) is 18.5 Å². The van der Waals surface area contributed by atoms with E-state index in [9.17, 15) is 4.79 Å². The fourth-order valence-corrected chi connectivity index (χ4v) is 3.21. The van der Waals surface area contributed by atoms with Crippen LogP contribution < -0.4 is 10.6 Å². The lowest BCUT2D eigenvalue weighted by atomic mass is 10.0. The van der Waals surface area contributed by atoms with Gasteiger partial charge in [0, 0.05) is 30.7 Å². The van der Waals surface area contributed by atoms with Gasteiger partial charge in [-0.3, -0.25) is 4.79 Å². The number of rotatable bonds is 4. The van der Waals surface area contributed by atoms with Crippen molar-refractivity contribution in [1.29, 1.82) is 0 Å². The molecule has 2 atom stereocenters. The minimum absolute atomic E-state index is 0.0328. The summed E-state index contributed by atoms with van der Waals surface area (Å²) in [6, 6.07) is 9.52. The van der Waals surface area contributed by atoms with E-state index in [0.29, 0.717) is 24.6 Å². The van der Waals surface area contributed by atoms with E-state index in [2.05, 4.69) is 20.6 Å². The molecule has 0 aromatic carbocycles. The third-order valence-electron chi connectivity index (χ3n) is 4.55. The second-order valence-electron chi connectivity index (χ2n) is 6.45. The Balaban J connectivity index is 1.48. The largest absolute Gasteiger partial charge is 0.379 e. The molecule has 0 spiro atoms. The summed E-state index contributed by atoms with van der Waals surface area (Å²) in [4.78, 5) is 21.2. The predicted octanol–water partition coefficient (Wildman–Crippen LogP) is 2.04. The van der Waals surface area contributed by atoms with E-state index in [1.165, 1.54) is 0 Å². The number of ether oxygens (including phenoxy) is 1. The van der Waals surface area contributed by atoms with E-state index >= 15 is 0 Å². The van der Waals surface area contributed by atoms with E-state index in [0.717, 1.165) is 17.8 Å². The van der Waals surface area contributed by atoms with E-state index in [1.54, 1.807) is 6.20 Å². The van der Waals surface area contributed by atoms with Crippen molar-refractivity contribution < 1.29 is 9.53 Å². The smallest absolute Gasteiger partial charge is 0.253 e. The van der Waals surface area contributed by atoms with Crippen LogP contribution in [0, 0.1) is 6.92 Å². The van der Waals surface area contributed by atoms with Crippen LogP contribution in [0.2, 0.25) is 0 Å². The van der Waals surface area contributed by atoms with Gasteiger partial charge in [-0.1, -0.05) is 6.07 Å². The number of aromatic nitrogens is 3. The highest BCUT2D eigenvalue weighted by Crippen LogP contribution is 2.15. The summed E-state index contributed by atoms with van der Waals surface area (Å²) in [5, 5.41) is 6.50. The molecule has 0 bridgehead atoms. The molecule has 0 aliphatic carbocycles. The second kappa shape index (κ2) is 7.13. The van der Waals surface area contributed by atoms with Gasteiger partial charge in [0.2, 0.25) is 0 Å². The molecule has 1 amide bonds. The molecule has 0 saturated carbocycles. The van der Waals surface area contributed by atoms with Crippen molar-refractivity contribution in [3.05, 3.63) is 60.3 Å². The van der Waals surface area contributed by atoms with Crippen LogP contribution in [-0.4, -0.2) is 45.6 Å². The van der Waals surface area contributed by atoms with Gasteiger partial charge in [-0.05, 0) is 37.6 Å². The Bertz CT molecular complexity index is 890. The maximum absolute atomic E-state index is 12.7. The van der Waals surface area contributed by atoms with Gasteiger partial charge in [0.25, 0.3) is 5.91 Å². The Morgan fingerprint density at radius 1 is 1.31 bits per heavy atom. The minimum atomic E-state index is -0.0775. The summed E-state index contributed by atoms with van der Waals surface area (Å²) in [5.74, 6) is 1.36. The number of anilines is 1. The number of pyridine rings is 1. The van der Waals surface area contributed by atoms with E-state index in [4.69, 9.17) is 4.74 Å². The first kappa shape index (κ1) is 16.5. The van der Waals surface area contributed by atoms with Gasteiger partial charge in [0.15, 0.2) is 0 Å². The molecule has 1 aliphatic rings. The van der Waals surface area contributed by atoms with E-state index in [-0.39, 0.29) is 18.0 Å². The average molecular weight is 351 g/mol. The highest BCUT2D eigenvalue weighted by atomic mass is 16.5. The zero-order chi connectivity index (χ0) is 17.9. The molecule has 3 aromatic rings. The fourth-order valence-electron chi connectivity index (χ4n) is 3.21. The zero-order valence-electron chi connectivity index (χ0n) is 14.6. The van der Waals surface area contributed by atoms with Gasteiger partial charge in [-0.2, -0.15) is 0 Å². The van der Waals surface area contributed by atoms with Crippen LogP contribution in [0.5, 0.6) is 0 Å². The van der Waals surface area contributed by atoms with Crippen molar-refractivity contribution in [1.82, 2.24) is 19.7 Å². The normalized spacial score (nSPS) is 20.0. The Morgan fingerprint density at radius 3 is 3.08 bits per heavy atom. The van der Waals surface area contributed by atoms with Crippen molar-refractivity contribution in [2.24, 2.45) is 0 Å². The lowest BCUT2D eigenvalue weighted by Gasteiger charge is -2.33. The van der Waals surface area contributed by atoms with Crippen LogP contribution in [0.15, 0.2) is 48.9 Å². The molecular weight excluding hydrogens is 330 g/mol. The molecule has 134 valence electrons. The summed E-state index contributed by atoms with van der Waals surface area (Å²) in [7, 11) is 0. The van der Waals surface area contributed by atoms with Gasteiger partial charge in [0.05, 0.1) is 24.3 Å². The van der Waals surface area contributed by atoms with Gasteiger partial charge < -0.3 is 19.8 Å². The monoisotopic (exact) mass is 351 g/mol. The standard InChI is InChI=1S/C19H21N5O2/c1-13-20-7-5-18(21-13)22-17-12-26-9-6-16(17)23-19(25)14-10-15-4-2-3-8-24(15)11-14/h2-5,7-8,10-11,16-17H,6,9,12H2,1H3,(H,23,25)(H,20,21,22)/t16-,17+/m0/s1. The summed E-state index contributed by atoms with van der Waals surface area (Å²) in [6.45, 7) is 2.99. The first-order chi connectivity index (χ1) is 12.7. The number of hydrogen-bond donors (Lipinski definition) is 2. The second-order valence-corrected chi connectivity index (χ2v) is 6.45. The highest BCUT2D eigenvalue weighted by Gasteiger charge is 2.28. The van der Waals surface area contributed by atoms with Crippen LogP contribution in [0.3, 0.4) is 0 Å². The summed E-state index contributed by atoms with van der Waals surface area (Å²) < 4.78 is 7.53. The van der Waals surface area contributed by atoms with Crippen molar-refractivity contribution in [3.8, 4) is 0 Å². The first-order valence-corrected chi connectivity index (χ1v) is 8.70. The van der Waals surface area contributed by atoms with Gasteiger partial charge in [0.1, 0.15) is 11.6 Å². The molecular formula is C19H21N5O2. The Morgan fingerprint density at radius 2 is 2.23 bits per heavy atom. The molecule has 3 aromatic heterocycles. The Labute approximate surface area is 151 Å². The molecule has 26 heavy (non-hydrogen) atoms. The predicted molar refractivity (Wildman–Crippen MR) is 98.3 cm³/mol. The highest BCUT2D eigenvalue weighted by molar-refractivity contribution is 5.95. The number of hydrogen-bond acceptors (Lipinski definition) is 5. The van der Waals surface area contributed by atoms with Gasteiger partial charge in [-0.25, -0.2) is 9.97 Å². The third-order valence-corrected chi connectivity index (χ3v) is 4.55. The van der Waals surface area contributed by atoms with E-state index < -0.39 is 0 Å². The average Bonchev–Trinajstić information content (AvgIpc) is 3.08. The summed E-state index contributed by atoms with van der Waals surface area (Å²) in [5.41, 5.74) is 1.65. The lowest BCUT2D eigenvalue weighted by Crippen LogP contribution is -2.52. The molecule has 0 unspecified atom stereocenters. The zero-order valence-corrected chi connectivity index (χ0v) is 14.6. The first-order valence-electron chi connectivity index (χ1n) is 8.70. The third kappa shape index (κ3) is 3.52. The van der Waals surface area contributed by atoms with Crippen LogP contribution in [0.25, 0.3) is 5.52 Å². The van der Waals surface area contributed by atoms with Crippen molar-refractivity contribution >= 4 is 17.2 Å². The maximum Gasteiger partial charge on any atom is 0.253 e. The number of fused-ring (bicyclic) bond motifs is 1. The fraction of sp³-hybridized carbons (Fsp3) is 0.316. The molecule has 7 heteroatoms. The quantitative estimate of drug-likeness (QED) is 0.752. The molecule has 1 fully saturated rings. The number of nitrogens with one attached hydrogen (secondary N) is 2. The number of aryl methyl sites for hydroxylation is 1. The molecule has 1 aliphatic heterocycles. The Hall–Kier alpha value is -2.93. The molecule has 4 heterocycles. The molecule has 2 N–H and O–H groups in total. The SMILES string of the molecule is Cc1nccc(N[C@@H]2COCC[C@@H]2NC(=O)c2cc3ccccn3c2)n1. The van der Waals surface area contributed by atoms with Crippen molar-refractivity contribution in [3.63, 3.8) is 0 Å². The number of carbonyl (C=O) groups is 1. The topological polar surface area (TPSA) is 80.6 Å². The lowest BCUT2D eigenvalue weighted by molar-refractivity contribution is 0.0620. The van der Waals surface area contributed by atoms with Crippen LogP contribution >= 0.6 is 0 Å². The summed E-state index contributed by atoms with van der Waals surface area (Å²) in [6.07, 6.45) is 6.25. The number of nitrogens with zero attached hydrogens (tertiary/aromatic N) is 3.